The van der Waals surface area contributed by atoms with Crippen molar-refractivity contribution in [3.8, 4) is 5.69 Å². The summed E-state index contributed by atoms with van der Waals surface area (Å²) in [6.07, 6.45) is 4.93. The van der Waals surface area contributed by atoms with Gasteiger partial charge in [-0.05, 0) is 36.8 Å². The third kappa shape index (κ3) is 3.45. The average Bonchev–Trinajstić information content (AvgIpc) is 3.43. The third-order valence-electron chi connectivity index (χ3n) is 5.32. The molecule has 4 heteroatoms. The Morgan fingerprint density at radius 3 is 2.21 bits per heavy atom. The maximum Gasteiger partial charge on any atom is 0.0862 e. The molecule has 29 heavy (non-hydrogen) atoms. The summed E-state index contributed by atoms with van der Waals surface area (Å²) in [6.45, 7) is 2.09. The Bertz CT molecular complexity index is 1130. The first-order valence-corrected chi connectivity index (χ1v) is 9.87. The fourth-order valence-corrected chi connectivity index (χ4v) is 3.74. The molecule has 1 atom stereocenters. The zero-order valence-corrected chi connectivity index (χ0v) is 16.3. The van der Waals surface area contributed by atoms with Crippen molar-refractivity contribution in [2.24, 2.45) is 5.10 Å². The summed E-state index contributed by atoms with van der Waals surface area (Å²) in [5.74, 6) is 0. The van der Waals surface area contributed by atoms with Gasteiger partial charge < -0.3 is 0 Å². The van der Waals surface area contributed by atoms with E-state index in [9.17, 15) is 0 Å². The van der Waals surface area contributed by atoms with Crippen LogP contribution in [0.15, 0.2) is 102 Å². The van der Waals surface area contributed by atoms with E-state index in [1.54, 1.807) is 0 Å². The van der Waals surface area contributed by atoms with E-state index in [1.165, 1.54) is 11.1 Å². The second-order valence-electron chi connectivity index (χ2n) is 7.37. The van der Waals surface area contributed by atoms with Gasteiger partial charge in [0, 0.05) is 18.2 Å². The number of benzene rings is 3. The Morgan fingerprint density at radius 1 is 0.793 bits per heavy atom. The number of para-hydroxylation sites is 1. The molecular formula is C25H22N4. The summed E-state index contributed by atoms with van der Waals surface area (Å²) < 4.78 is 1.94. The molecule has 0 aliphatic carbocycles. The smallest absolute Gasteiger partial charge is 0.0862 e. The summed E-state index contributed by atoms with van der Waals surface area (Å²) in [6, 6.07) is 29.3. The standard InChI is InChI=1S/C25H22N4/c1-19-12-14-22(15-13-19)28-18-21(17-26-28)25-16-24(20-8-4-2-5-9-20)27-29(25)23-10-6-3-7-11-23/h2-15,17-18,25H,16H2,1H3. The van der Waals surface area contributed by atoms with Gasteiger partial charge in [0.15, 0.2) is 0 Å². The number of aryl methyl sites for hydroxylation is 1. The van der Waals surface area contributed by atoms with Crippen molar-refractivity contribution < 1.29 is 0 Å². The minimum Gasteiger partial charge on any atom is -0.257 e. The van der Waals surface area contributed by atoms with Crippen LogP contribution in [0.5, 0.6) is 0 Å². The van der Waals surface area contributed by atoms with E-state index in [-0.39, 0.29) is 6.04 Å². The predicted molar refractivity (Wildman–Crippen MR) is 118 cm³/mol. The molecule has 2 heterocycles. The third-order valence-corrected chi connectivity index (χ3v) is 5.32. The summed E-state index contributed by atoms with van der Waals surface area (Å²) >= 11 is 0. The van der Waals surface area contributed by atoms with Crippen molar-refractivity contribution in [1.82, 2.24) is 9.78 Å². The van der Waals surface area contributed by atoms with Crippen molar-refractivity contribution in [3.63, 3.8) is 0 Å². The number of hydrogen-bond donors (Lipinski definition) is 0. The van der Waals surface area contributed by atoms with Crippen molar-refractivity contribution in [2.75, 3.05) is 5.01 Å². The van der Waals surface area contributed by atoms with E-state index >= 15 is 0 Å². The van der Waals surface area contributed by atoms with Crippen LogP contribution >= 0.6 is 0 Å². The minimum absolute atomic E-state index is 0.117. The van der Waals surface area contributed by atoms with Gasteiger partial charge in [0.25, 0.3) is 0 Å². The highest BCUT2D eigenvalue weighted by atomic mass is 15.5. The monoisotopic (exact) mass is 378 g/mol. The number of rotatable bonds is 4. The first kappa shape index (κ1) is 17.4. The summed E-state index contributed by atoms with van der Waals surface area (Å²) in [5, 5.41) is 11.7. The number of hydrazone groups is 1. The highest BCUT2D eigenvalue weighted by Crippen LogP contribution is 2.36. The molecule has 1 unspecified atom stereocenters. The fourth-order valence-electron chi connectivity index (χ4n) is 3.74. The van der Waals surface area contributed by atoms with Crippen LogP contribution in [0.25, 0.3) is 5.69 Å². The van der Waals surface area contributed by atoms with Crippen LogP contribution in [-0.2, 0) is 0 Å². The lowest BCUT2D eigenvalue weighted by molar-refractivity contribution is 0.708. The lowest BCUT2D eigenvalue weighted by Gasteiger charge is -2.22. The van der Waals surface area contributed by atoms with Gasteiger partial charge >= 0.3 is 0 Å². The van der Waals surface area contributed by atoms with Crippen molar-refractivity contribution in [3.05, 3.63) is 114 Å². The van der Waals surface area contributed by atoms with Crippen molar-refractivity contribution in [1.29, 1.82) is 0 Å². The number of nitrogens with zero attached hydrogens (tertiary/aromatic N) is 4. The number of aromatic nitrogens is 2. The summed E-state index contributed by atoms with van der Waals surface area (Å²) in [4.78, 5) is 0. The second kappa shape index (κ2) is 7.40. The lowest BCUT2D eigenvalue weighted by Crippen LogP contribution is -2.18. The van der Waals surface area contributed by atoms with Crippen molar-refractivity contribution >= 4 is 11.4 Å². The second-order valence-corrected chi connectivity index (χ2v) is 7.37. The number of anilines is 1. The van der Waals surface area contributed by atoms with E-state index in [0.717, 1.165) is 29.1 Å². The van der Waals surface area contributed by atoms with Crippen LogP contribution in [-0.4, -0.2) is 15.5 Å². The maximum atomic E-state index is 4.99. The molecular weight excluding hydrogens is 356 g/mol. The Morgan fingerprint density at radius 2 is 1.48 bits per heavy atom. The van der Waals surface area contributed by atoms with Gasteiger partial charge in [-0.25, -0.2) is 4.68 Å². The van der Waals surface area contributed by atoms with Gasteiger partial charge in [0.1, 0.15) is 0 Å². The highest BCUT2D eigenvalue weighted by molar-refractivity contribution is 6.03. The topological polar surface area (TPSA) is 33.4 Å². The van der Waals surface area contributed by atoms with Gasteiger partial charge in [-0.1, -0.05) is 66.2 Å². The molecule has 1 aliphatic heterocycles. The van der Waals surface area contributed by atoms with Crippen LogP contribution < -0.4 is 5.01 Å². The molecule has 1 aliphatic rings. The highest BCUT2D eigenvalue weighted by Gasteiger charge is 2.30. The van der Waals surface area contributed by atoms with E-state index < -0.39 is 0 Å². The molecule has 5 rings (SSSR count). The Balaban J connectivity index is 1.51. The SMILES string of the molecule is Cc1ccc(-n2cc(C3CC(c4ccccc4)=NN3c3ccccc3)cn2)cc1. The fraction of sp³-hybridized carbons (Fsp3) is 0.120. The maximum absolute atomic E-state index is 4.99. The zero-order chi connectivity index (χ0) is 19.6. The predicted octanol–water partition coefficient (Wildman–Crippen LogP) is 5.54. The summed E-state index contributed by atoms with van der Waals surface area (Å²) in [7, 11) is 0. The largest absolute Gasteiger partial charge is 0.257 e. The molecule has 0 saturated heterocycles. The molecule has 0 spiro atoms. The first-order valence-electron chi connectivity index (χ1n) is 9.87. The average molecular weight is 378 g/mol. The van der Waals surface area contributed by atoms with Gasteiger partial charge in [0.05, 0.1) is 29.3 Å². The first-order chi connectivity index (χ1) is 14.3. The van der Waals surface area contributed by atoms with E-state index in [1.807, 2.05) is 23.0 Å². The van der Waals surface area contributed by atoms with Crippen LogP contribution in [0.1, 0.15) is 29.2 Å². The van der Waals surface area contributed by atoms with Gasteiger partial charge in [-0.2, -0.15) is 10.2 Å². The molecule has 0 N–H and O–H groups in total. The molecule has 4 aromatic rings. The molecule has 4 nitrogen and oxygen atoms in total. The van der Waals surface area contributed by atoms with E-state index in [0.29, 0.717) is 0 Å². The van der Waals surface area contributed by atoms with Crippen LogP contribution in [0.4, 0.5) is 5.69 Å². The minimum atomic E-state index is 0.117. The molecule has 0 saturated carbocycles. The van der Waals surface area contributed by atoms with Gasteiger partial charge in [-0.3, -0.25) is 5.01 Å². The molecule has 0 amide bonds. The Hall–Kier alpha value is -3.66. The quantitative estimate of drug-likeness (QED) is 0.467. The molecule has 1 aromatic heterocycles. The number of hydrogen-bond acceptors (Lipinski definition) is 3. The van der Waals surface area contributed by atoms with Crippen LogP contribution in [0, 0.1) is 6.92 Å². The normalized spacial score (nSPS) is 16.1. The van der Waals surface area contributed by atoms with Crippen molar-refractivity contribution in [2.45, 2.75) is 19.4 Å². The van der Waals surface area contributed by atoms with E-state index in [4.69, 9.17) is 5.10 Å². The molecule has 0 radical (unpaired) electrons. The van der Waals surface area contributed by atoms with Gasteiger partial charge in [-0.15, -0.1) is 0 Å². The van der Waals surface area contributed by atoms with Gasteiger partial charge in [0.2, 0.25) is 0 Å². The Labute approximate surface area is 170 Å². The zero-order valence-electron chi connectivity index (χ0n) is 16.3. The van der Waals surface area contributed by atoms with Crippen LogP contribution in [0.3, 0.4) is 0 Å². The summed E-state index contributed by atoms with van der Waals surface area (Å²) in [5.41, 5.74) is 6.82. The van der Waals surface area contributed by atoms with Crippen LogP contribution in [0.2, 0.25) is 0 Å². The molecule has 0 bridgehead atoms. The van der Waals surface area contributed by atoms with E-state index in [2.05, 4.69) is 96.0 Å². The molecule has 0 fully saturated rings. The molecule has 142 valence electrons. The Kier molecular flexibility index (Phi) is 4.45. The molecule has 3 aromatic carbocycles. The lowest BCUT2D eigenvalue weighted by atomic mass is 10.0.